The molecule has 0 saturated carbocycles. The Labute approximate surface area is 151 Å². The summed E-state index contributed by atoms with van der Waals surface area (Å²) in [6, 6.07) is 0. The summed E-state index contributed by atoms with van der Waals surface area (Å²) >= 11 is 5.36. The zero-order chi connectivity index (χ0) is 18.5. The van der Waals surface area contributed by atoms with Crippen LogP contribution in [0.3, 0.4) is 0 Å². The van der Waals surface area contributed by atoms with Crippen LogP contribution in [0.4, 0.5) is 0 Å². The quantitative estimate of drug-likeness (QED) is 0.270. The van der Waals surface area contributed by atoms with Crippen LogP contribution in [0.15, 0.2) is 95.2 Å². The summed E-state index contributed by atoms with van der Waals surface area (Å²) in [6.07, 6.45) is 19.6. The standard InChI is InChI=1S/C22H27ClO/c1-17(2)20(5)15-9-13-18(3)11-7-8-12-19(4)14-10-16-21(6)22(23)24/h7-16H,1H2,2-6H3/b8-7+,13-9+,14-10+,18-11+,19-12+,20-15+,21-16+. The molecule has 0 unspecified atom stereocenters. The molecule has 0 aromatic heterocycles. The van der Waals surface area contributed by atoms with Crippen LogP contribution >= 0.6 is 11.6 Å². The first-order valence-corrected chi connectivity index (χ1v) is 8.19. The maximum absolute atomic E-state index is 10.9. The second-order valence-electron chi connectivity index (χ2n) is 5.68. The summed E-state index contributed by atoms with van der Waals surface area (Å²) in [6.45, 7) is 13.7. The Morgan fingerprint density at radius 2 is 1.12 bits per heavy atom. The number of hydrogen-bond acceptors (Lipinski definition) is 1. The molecule has 0 fully saturated rings. The molecule has 0 amide bonds. The Bertz CT molecular complexity index is 604. The van der Waals surface area contributed by atoms with Gasteiger partial charge in [0, 0.05) is 5.57 Å². The molecule has 0 rings (SSSR count). The van der Waals surface area contributed by atoms with E-state index in [1.54, 1.807) is 13.0 Å². The number of hydrogen-bond donors (Lipinski definition) is 0. The van der Waals surface area contributed by atoms with Crippen molar-refractivity contribution in [2.45, 2.75) is 34.6 Å². The van der Waals surface area contributed by atoms with Gasteiger partial charge in [0.25, 0.3) is 0 Å². The smallest absolute Gasteiger partial charge is 0.248 e. The topological polar surface area (TPSA) is 17.1 Å². The van der Waals surface area contributed by atoms with E-state index in [-0.39, 0.29) is 0 Å². The van der Waals surface area contributed by atoms with Gasteiger partial charge in [-0.1, -0.05) is 84.1 Å². The van der Waals surface area contributed by atoms with Gasteiger partial charge in [-0.15, -0.1) is 0 Å². The van der Waals surface area contributed by atoms with Gasteiger partial charge in [0.05, 0.1) is 0 Å². The van der Waals surface area contributed by atoms with Crippen molar-refractivity contribution in [3.05, 3.63) is 95.2 Å². The van der Waals surface area contributed by atoms with Crippen LogP contribution in [0.25, 0.3) is 0 Å². The molecule has 0 aliphatic heterocycles. The molecule has 0 radical (unpaired) electrons. The van der Waals surface area contributed by atoms with Crippen molar-refractivity contribution in [1.82, 2.24) is 0 Å². The maximum Gasteiger partial charge on any atom is 0.248 e. The zero-order valence-corrected chi connectivity index (χ0v) is 16.0. The third kappa shape index (κ3) is 11.4. The molecule has 2 heteroatoms. The van der Waals surface area contributed by atoms with Gasteiger partial charge in [0.15, 0.2) is 0 Å². The fraction of sp³-hybridized carbons (Fsp3) is 0.227. The van der Waals surface area contributed by atoms with Gasteiger partial charge in [0.1, 0.15) is 0 Å². The first-order valence-electron chi connectivity index (χ1n) is 7.81. The molecule has 0 aromatic carbocycles. The highest BCUT2D eigenvalue weighted by atomic mass is 35.5. The van der Waals surface area contributed by atoms with Crippen molar-refractivity contribution in [2.75, 3.05) is 0 Å². The highest BCUT2D eigenvalue weighted by molar-refractivity contribution is 6.67. The Hall–Kier alpha value is -2.12. The van der Waals surface area contributed by atoms with Crippen molar-refractivity contribution >= 4 is 16.8 Å². The van der Waals surface area contributed by atoms with E-state index >= 15 is 0 Å². The summed E-state index contributed by atoms with van der Waals surface area (Å²) < 4.78 is 0. The Kier molecular flexibility index (Phi) is 11.2. The molecule has 128 valence electrons. The molecule has 0 N–H and O–H groups in total. The van der Waals surface area contributed by atoms with Crippen molar-refractivity contribution in [3.8, 4) is 0 Å². The molecule has 0 aliphatic carbocycles. The summed E-state index contributed by atoms with van der Waals surface area (Å²) in [5.74, 6) is 0. The van der Waals surface area contributed by atoms with Gasteiger partial charge >= 0.3 is 0 Å². The van der Waals surface area contributed by atoms with Crippen molar-refractivity contribution in [3.63, 3.8) is 0 Å². The van der Waals surface area contributed by atoms with E-state index in [1.807, 2.05) is 63.3 Å². The number of carbonyl (C=O) groups excluding carboxylic acids is 1. The molecular formula is C22H27ClO. The zero-order valence-electron chi connectivity index (χ0n) is 15.3. The molecule has 0 aromatic rings. The summed E-state index contributed by atoms with van der Waals surface area (Å²) in [7, 11) is 0. The molecule has 0 bridgehead atoms. The number of rotatable bonds is 8. The van der Waals surface area contributed by atoms with Crippen LogP contribution in [0.2, 0.25) is 0 Å². The highest BCUT2D eigenvalue weighted by Gasteiger charge is 1.94. The molecular weight excluding hydrogens is 316 g/mol. The second kappa shape index (κ2) is 12.3. The predicted octanol–water partition coefficient (Wildman–Crippen LogP) is 6.78. The first kappa shape index (κ1) is 21.9. The van der Waals surface area contributed by atoms with E-state index < -0.39 is 5.24 Å². The van der Waals surface area contributed by atoms with Gasteiger partial charge < -0.3 is 0 Å². The van der Waals surface area contributed by atoms with Gasteiger partial charge in [-0.25, -0.2) is 0 Å². The minimum absolute atomic E-state index is 0.428. The fourth-order valence-corrected chi connectivity index (χ4v) is 1.49. The lowest BCUT2D eigenvalue weighted by atomic mass is 10.1. The summed E-state index contributed by atoms with van der Waals surface area (Å²) in [5.41, 5.74) is 5.03. The minimum Gasteiger partial charge on any atom is -0.276 e. The normalized spacial score (nSPS) is 15.1. The van der Waals surface area contributed by atoms with Crippen molar-refractivity contribution in [1.29, 1.82) is 0 Å². The van der Waals surface area contributed by atoms with Gasteiger partial charge in [-0.2, -0.15) is 0 Å². The van der Waals surface area contributed by atoms with E-state index in [0.29, 0.717) is 5.57 Å². The Morgan fingerprint density at radius 1 is 0.708 bits per heavy atom. The lowest BCUT2D eigenvalue weighted by Crippen LogP contribution is -1.85. The average molecular weight is 343 g/mol. The van der Waals surface area contributed by atoms with Crippen LogP contribution in [-0.4, -0.2) is 5.24 Å². The van der Waals surface area contributed by atoms with E-state index in [2.05, 4.69) is 25.7 Å². The number of allylic oxidation sites excluding steroid dienone is 15. The summed E-state index contributed by atoms with van der Waals surface area (Å²) in [5, 5.41) is -0.428. The third-order valence-electron chi connectivity index (χ3n) is 3.22. The first-order chi connectivity index (χ1) is 11.2. The van der Waals surface area contributed by atoms with Gasteiger partial charge in [0.2, 0.25) is 5.24 Å². The number of halogens is 1. The molecule has 0 heterocycles. The fourth-order valence-electron chi connectivity index (χ4n) is 1.42. The molecule has 0 spiro atoms. The van der Waals surface area contributed by atoms with Crippen LogP contribution in [-0.2, 0) is 4.79 Å². The SMILES string of the molecule is C=C(C)/C(C)=C/C=C/C(C)=C/C=C/C=C(C)/C=C/C=C(\C)C(=O)Cl. The summed E-state index contributed by atoms with van der Waals surface area (Å²) in [4.78, 5) is 10.9. The minimum atomic E-state index is -0.428. The van der Waals surface area contributed by atoms with E-state index in [9.17, 15) is 4.79 Å². The molecule has 0 saturated heterocycles. The third-order valence-corrected chi connectivity index (χ3v) is 3.52. The molecule has 0 aliphatic rings. The average Bonchev–Trinajstić information content (AvgIpc) is 2.51. The van der Waals surface area contributed by atoms with Gasteiger partial charge in [-0.05, 0) is 51.8 Å². The van der Waals surface area contributed by atoms with E-state index in [4.69, 9.17) is 11.6 Å². The number of carbonyl (C=O) groups is 1. The van der Waals surface area contributed by atoms with Crippen LogP contribution < -0.4 is 0 Å². The van der Waals surface area contributed by atoms with E-state index in [1.165, 1.54) is 5.57 Å². The molecule has 1 nitrogen and oxygen atoms in total. The monoisotopic (exact) mass is 342 g/mol. The lowest BCUT2D eigenvalue weighted by Gasteiger charge is -1.94. The Balaban J connectivity index is 4.63. The van der Waals surface area contributed by atoms with E-state index in [0.717, 1.165) is 16.7 Å². The van der Waals surface area contributed by atoms with Crippen LogP contribution in [0, 0.1) is 0 Å². The lowest BCUT2D eigenvalue weighted by molar-refractivity contribution is -0.108. The van der Waals surface area contributed by atoms with Crippen LogP contribution in [0.1, 0.15) is 34.6 Å². The largest absolute Gasteiger partial charge is 0.276 e. The molecule has 0 atom stereocenters. The predicted molar refractivity (Wildman–Crippen MR) is 108 cm³/mol. The highest BCUT2D eigenvalue weighted by Crippen LogP contribution is 2.06. The van der Waals surface area contributed by atoms with Crippen molar-refractivity contribution < 1.29 is 4.79 Å². The van der Waals surface area contributed by atoms with Gasteiger partial charge in [-0.3, -0.25) is 4.79 Å². The van der Waals surface area contributed by atoms with Crippen LogP contribution in [0.5, 0.6) is 0 Å². The molecule has 24 heavy (non-hydrogen) atoms. The second-order valence-corrected chi connectivity index (χ2v) is 6.02. The van der Waals surface area contributed by atoms with Crippen molar-refractivity contribution in [2.24, 2.45) is 0 Å². The Morgan fingerprint density at radius 3 is 1.50 bits per heavy atom. The maximum atomic E-state index is 10.9.